The van der Waals surface area contributed by atoms with Crippen LogP contribution in [0.4, 0.5) is 0 Å². The highest BCUT2D eigenvalue weighted by Crippen LogP contribution is 2.29. The fourth-order valence-electron chi connectivity index (χ4n) is 2.01. The smallest absolute Gasteiger partial charge is 0.315 e. The Labute approximate surface area is 111 Å². The summed E-state index contributed by atoms with van der Waals surface area (Å²) >= 11 is 1.73. The lowest BCUT2D eigenvalue weighted by molar-refractivity contribution is -0.178. The van der Waals surface area contributed by atoms with Crippen molar-refractivity contribution in [3.05, 3.63) is 22.4 Å². The summed E-state index contributed by atoms with van der Waals surface area (Å²) in [6, 6.07) is 4.16. The first-order chi connectivity index (χ1) is 8.46. The topological polar surface area (TPSA) is 58.6 Å². The molecule has 2 rings (SSSR count). The van der Waals surface area contributed by atoms with Crippen LogP contribution in [0, 0.1) is 5.41 Å². The second kappa shape index (κ2) is 4.99. The van der Waals surface area contributed by atoms with Crippen LogP contribution in [0.15, 0.2) is 17.5 Å². The summed E-state index contributed by atoms with van der Waals surface area (Å²) in [4.78, 5) is 12.5. The fourth-order valence-corrected chi connectivity index (χ4v) is 2.87. The van der Waals surface area contributed by atoms with Crippen molar-refractivity contribution >= 4 is 17.3 Å². The highest BCUT2D eigenvalue weighted by Gasteiger charge is 2.46. The molecule has 1 aliphatic heterocycles. The van der Waals surface area contributed by atoms with Gasteiger partial charge in [-0.05, 0) is 11.4 Å². The number of aliphatic carboxylic acids is 1. The summed E-state index contributed by atoms with van der Waals surface area (Å²) in [6.07, 6.45) is 0. The SMILES string of the molecule is CC(C)(CNCC1(C(=O)O)COC1)c1cccs1. The van der Waals surface area contributed by atoms with Gasteiger partial charge < -0.3 is 15.2 Å². The minimum Gasteiger partial charge on any atom is -0.481 e. The van der Waals surface area contributed by atoms with Gasteiger partial charge in [0.15, 0.2) is 0 Å². The van der Waals surface area contributed by atoms with Crippen molar-refractivity contribution in [1.29, 1.82) is 0 Å². The Balaban J connectivity index is 1.87. The molecule has 1 saturated heterocycles. The summed E-state index contributed by atoms with van der Waals surface area (Å²) in [6.45, 7) is 6.19. The van der Waals surface area contributed by atoms with Gasteiger partial charge in [0.2, 0.25) is 0 Å². The van der Waals surface area contributed by atoms with Gasteiger partial charge in [0.05, 0.1) is 13.2 Å². The van der Waals surface area contributed by atoms with Crippen LogP contribution in [-0.4, -0.2) is 37.4 Å². The fraction of sp³-hybridized carbons (Fsp3) is 0.615. The summed E-state index contributed by atoms with van der Waals surface area (Å²) in [7, 11) is 0. The van der Waals surface area contributed by atoms with Crippen LogP contribution in [0.1, 0.15) is 18.7 Å². The van der Waals surface area contributed by atoms with Gasteiger partial charge >= 0.3 is 5.97 Å². The zero-order valence-corrected chi connectivity index (χ0v) is 11.5. The second-order valence-electron chi connectivity index (χ2n) is 5.54. The molecule has 2 heterocycles. The molecule has 0 bridgehead atoms. The van der Waals surface area contributed by atoms with E-state index in [0.717, 1.165) is 6.54 Å². The van der Waals surface area contributed by atoms with Gasteiger partial charge in [-0.2, -0.15) is 0 Å². The molecule has 4 nitrogen and oxygen atoms in total. The Morgan fingerprint density at radius 1 is 1.61 bits per heavy atom. The summed E-state index contributed by atoms with van der Waals surface area (Å²) in [5.41, 5.74) is -0.690. The average Bonchev–Trinajstić information content (AvgIpc) is 2.74. The largest absolute Gasteiger partial charge is 0.481 e. The molecule has 0 atom stereocenters. The van der Waals surface area contributed by atoms with Crippen LogP contribution in [0.25, 0.3) is 0 Å². The Kier molecular flexibility index (Phi) is 3.75. The molecule has 0 saturated carbocycles. The number of hydrogen-bond acceptors (Lipinski definition) is 4. The lowest BCUT2D eigenvalue weighted by atomic mass is 9.85. The summed E-state index contributed by atoms with van der Waals surface area (Å²) in [5.74, 6) is -0.768. The van der Waals surface area contributed by atoms with Crippen LogP contribution >= 0.6 is 11.3 Å². The molecule has 18 heavy (non-hydrogen) atoms. The standard InChI is InChI=1S/C13H19NO3S/c1-12(2,10-4-3-5-18-10)6-14-7-13(11(15)16)8-17-9-13/h3-5,14H,6-9H2,1-2H3,(H,15,16). The van der Waals surface area contributed by atoms with Crippen LogP contribution < -0.4 is 5.32 Å². The molecule has 0 amide bonds. The Morgan fingerprint density at radius 2 is 2.33 bits per heavy atom. The maximum Gasteiger partial charge on any atom is 0.315 e. The van der Waals surface area contributed by atoms with E-state index in [1.165, 1.54) is 4.88 Å². The van der Waals surface area contributed by atoms with E-state index in [9.17, 15) is 9.90 Å². The van der Waals surface area contributed by atoms with Gasteiger partial charge in [-0.15, -0.1) is 11.3 Å². The zero-order chi connectivity index (χ0) is 13.2. The lowest BCUT2D eigenvalue weighted by Gasteiger charge is -2.38. The molecule has 2 N–H and O–H groups in total. The van der Waals surface area contributed by atoms with E-state index >= 15 is 0 Å². The van der Waals surface area contributed by atoms with Gasteiger partial charge in [-0.1, -0.05) is 19.9 Å². The molecule has 1 fully saturated rings. The molecule has 5 heteroatoms. The Bertz CT molecular complexity index is 410. The molecule has 1 aliphatic rings. The Hall–Kier alpha value is -0.910. The molecule has 1 aromatic heterocycles. The third-order valence-corrected chi connectivity index (χ3v) is 4.66. The van der Waals surface area contributed by atoms with Crippen molar-refractivity contribution in [2.45, 2.75) is 19.3 Å². The van der Waals surface area contributed by atoms with Crippen LogP contribution in [-0.2, 0) is 14.9 Å². The minimum atomic E-state index is -0.768. The lowest BCUT2D eigenvalue weighted by Crippen LogP contribution is -2.56. The van der Waals surface area contributed by atoms with Gasteiger partial charge in [-0.25, -0.2) is 0 Å². The molecule has 0 spiro atoms. The van der Waals surface area contributed by atoms with E-state index in [0.29, 0.717) is 19.8 Å². The van der Waals surface area contributed by atoms with Crippen LogP contribution in [0.3, 0.4) is 0 Å². The number of carboxylic acid groups (broad SMARTS) is 1. The molecular formula is C13H19NO3S. The van der Waals surface area contributed by atoms with Crippen molar-refractivity contribution in [2.75, 3.05) is 26.3 Å². The van der Waals surface area contributed by atoms with E-state index in [1.807, 2.05) is 6.07 Å². The molecule has 0 unspecified atom stereocenters. The number of rotatable bonds is 6. The number of carboxylic acids is 1. The highest BCUT2D eigenvalue weighted by atomic mass is 32.1. The average molecular weight is 269 g/mol. The van der Waals surface area contributed by atoms with Crippen LogP contribution in [0.5, 0.6) is 0 Å². The first-order valence-electron chi connectivity index (χ1n) is 6.02. The summed E-state index contributed by atoms with van der Waals surface area (Å²) < 4.78 is 5.04. The third kappa shape index (κ3) is 2.58. The van der Waals surface area contributed by atoms with Crippen molar-refractivity contribution in [3.8, 4) is 0 Å². The first kappa shape index (κ1) is 13.5. The van der Waals surface area contributed by atoms with Gasteiger partial charge in [-0.3, -0.25) is 4.79 Å². The van der Waals surface area contributed by atoms with E-state index in [1.54, 1.807) is 11.3 Å². The highest BCUT2D eigenvalue weighted by molar-refractivity contribution is 7.10. The van der Waals surface area contributed by atoms with E-state index < -0.39 is 11.4 Å². The number of hydrogen-bond donors (Lipinski definition) is 2. The molecule has 0 aliphatic carbocycles. The Morgan fingerprint density at radius 3 is 2.78 bits per heavy atom. The van der Waals surface area contributed by atoms with Crippen molar-refractivity contribution in [2.24, 2.45) is 5.41 Å². The van der Waals surface area contributed by atoms with E-state index in [4.69, 9.17) is 4.74 Å². The summed E-state index contributed by atoms with van der Waals surface area (Å²) in [5, 5.41) is 14.5. The normalized spacial score (nSPS) is 18.3. The van der Waals surface area contributed by atoms with Gasteiger partial charge in [0.1, 0.15) is 5.41 Å². The first-order valence-corrected chi connectivity index (χ1v) is 6.90. The predicted octanol–water partition coefficient (Wildman–Crippen LogP) is 1.72. The number of nitrogens with one attached hydrogen (secondary N) is 1. The zero-order valence-electron chi connectivity index (χ0n) is 10.7. The maximum absolute atomic E-state index is 11.2. The van der Waals surface area contributed by atoms with E-state index in [2.05, 4.69) is 30.6 Å². The van der Waals surface area contributed by atoms with Crippen molar-refractivity contribution in [1.82, 2.24) is 5.32 Å². The second-order valence-corrected chi connectivity index (χ2v) is 6.49. The molecule has 100 valence electrons. The van der Waals surface area contributed by atoms with Crippen molar-refractivity contribution < 1.29 is 14.6 Å². The van der Waals surface area contributed by atoms with Crippen molar-refractivity contribution in [3.63, 3.8) is 0 Å². The van der Waals surface area contributed by atoms with Gasteiger partial charge in [0.25, 0.3) is 0 Å². The van der Waals surface area contributed by atoms with Crippen LogP contribution in [0.2, 0.25) is 0 Å². The number of thiophene rings is 1. The molecule has 0 radical (unpaired) electrons. The predicted molar refractivity (Wildman–Crippen MR) is 71.1 cm³/mol. The molecule has 0 aromatic carbocycles. The maximum atomic E-state index is 11.2. The third-order valence-electron chi connectivity index (χ3n) is 3.43. The van der Waals surface area contributed by atoms with Gasteiger partial charge in [0, 0.05) is 23.4 Å². The number of carbonyl (C=O) groups is 1. The monoisotopic (exact) mass is 269 g/mol. The molecule has 1 aromatic rings. The number of ether oxygens (including phenoxy) is 1. The quantitative estimate of drug-likeness (QED) is 0.825. The van der Waals surface area contributed by atoms with E-state index in [-0.39, 0.29) is 5.41 Å². The minimum absolute atomic E-state index is 0.0263. The molecular weight excluding hydrogens is 250 g/mol.